The van der Waals surface area contributed by atoms with E-state index >= 15 is 0 Å². The SMILES string of the molecule is CC(NC(=O)CN1CCN(S(=O)(=O)c2cccc(C(F)(F)F)c2)CC1)c1ccccc1. The summed E-state index contributed by atoms with van der Waals surface area (Å²) in [7, 11) is -4.05. The van der Waals surface area contributed by atoms with Crippen molar-refractivity contribution in [1.82, 2.24) is 14.5 Å². The Hall–Kier alpha value is -2.43. The van der Waals surface area contributed by atoms with Crippen molar-refractivity contribution in [2.75, 3.05) is 32.7 Å². The lowest BCUT2D eigenvalue weighted by Gasteiger charge is -2.33. The van der Waals surface area contributed by atoms with Gasteiger partial charge in [0.15, 0.2) is 0 Å². The molecule has 0 saturated carbocycles. The first-order valence-electron chi connectivity index (χ1n) is 9.81. The number of carbonyl (C=O) groups excluding carboxylic acids is 1. The number of hydrogen-bond acceptors (Lipinski definition) is 4. The Morgan fingerprint density at radius 1 is 1.03 bits per heavy atom. The van der Waals surface area contributed by atoms with Crippen molar-refractivity contribution < 1.29 is 26.4 Å². The van der Waals surface area contributed by atoms with Crippen LogP contribution >= 0.6 is 0 Å². The van der Waals surface area contributed by atoms with E-state index in [9.17, 15) is 26.4 Å². The van der Waals surface area contributed by atoms with E-state index in [-0.39, 0.29) is 36.5 Å². The number of hydrogen-bond donors (Lipinski definition) is 1. The average Bonchev–Trinajstić information content (AvgIpc) is 2.74. The molecular weight excluding hydrogens is 431 g/mol. The molecule has 1 amide bonds. The monoisotopic (exact) mass is 455 g/mol. The number of alkyl halides is 3. The molecule has 0 radical (unpaired) electrons. The van der Waals surface area contributed by atoms with Crippen LogP contribution in [0.25, 0.3) is 0 Å². The zero-order valence-corrected chi connectivity index (χ0v) is 17.8. The van der Waals surface area contributed by atoms with Crippen LogP contribution in [0.5, 0.6) is 0 Å². The zero-order valence-electron chi connectivity index (χ0n) is 17.0. The summed E-state index contributed by atoms with van der Waals surface area (Å²) in [5.74, 6) is -0.175. The van der Waals surface area contributed by atoms with Gasteiger partial charge < -0.3 is 5.32 Å². The molecule has 2 aromatic rings. The van der Waals surface area contributed by atoms with Crippen LogP contribution in [-0.4, -0.2) is 56.3 Å². The van der Waals surface area contributed by atoms with Crippen molar-refractivity contribution in [3.05, 3.63) is 65.7 Å². The Morgan fingerprint density at radius 3 is 2.29 bits per heavy atom. The van der Waals surface area contributed by atoms with Crippen LogP contribution in [0.3, 0.4) is 0 Å². The first-order chi connectivity index (χ1) is 14.6. The molecule has 2 aromatic carbocycles. The summed E-state index contributed by atoms with van der Waals surface area (Å²) < 4.78 is 65.4. The molecule has 1 fully saturated rings. The molecule has 1 heterocycles. The van der Waals surface area contributed by atoms with Crippen molar-refractivity contribution >= 4 is 15.9 Å². The van der Waals surface area contributed by atoms with Crippen LogP contribution in [0.15, 0.2) is 59.5 Å². The number of carbonyl (C=O) groups is 1. The van der Waals surface area contributed by atoms with E-state index in [1.165, 1.54) is 0 Å². The van der Waals surface area contributed by atoms with Crippen LogP contribution in [0, 0.1) is 0 Å². The number of amides is 1. The molecule has 1 saturated heterocycles. The third-order valence-corrected chi connectivity index (χ3v) is 7.07. The Kier molecular flexibility index (Phi) is 7.03. The van der Waals surface area contributed by atoms with Gasteiger partial charge in [-0.15, -0.1) is 0 Å². The summed E-state index contributed by atoms with van der Waals surface area (Å²) in [6.45, 7) is 2.82. The Bertz CT molecular complexity index is 1010. The smallest absolute Gasteiger partial charge is 0.348 e. The van der Waals surface area contributed by atoms with E-state index in [0.717, 1.165) is 28.1 Å². The fraction of sp³-hybridized carbons (Fsp3) is 0.381. The number of piperazine rings is 1. The van der Waals surface area contributed by atoms with Crippen molar-refractivity contribution in [1.29, 1.82) is 0 Å². The Balaban J connectivity index is 1.56. The summed E-state index contributed by atoms with van der Waals surface area (Å²) in [5.41, 5.74) is -0.0238. The van der Waals surface area contributed by atoms with Crippen LogP contribution < -0.4 is 5.32 Å². The largest absolute Gasteiger partial charge is 0.416 e. The molecule has 1 aliphatic rings. The number of nitrogens with one attached hydrogen (secondary N) is 1. The number of benzene rings is 2. The summed E-state index contributed by atoms with van der Waals surface area (Å²) >= 11 is 0. The van der Waals surface area contributed by atoms with E-state index in [1.54, 1.807) is 0 Å². The average molecular weight is 456 g/mol. The van der Waals surface area contributed by atoms with Gasteiger partial charge in [-0.1, -0.05) is 36.4 Å². The second-order valence-corrected chi connectivity index (χ2v) is 9.34. The molecule has 3 rings (SSSR count). The van der Waals surface area contributed by atoms with E-state index in [1.807, 2.05) is 42.2 Å². The third-order valence-electron chi connectivity index (χ3n) is 5.17. The van der Waals surface area contributed by atoms with E-state index < -0.39 is 21.8 Å². The maximum atomic E-state index is 12.9. The van der Waals surface area contributed by atoms with E-state index in [0.29, 0.717) is 19.2 Å². The van der Waals surface area contributed by atoms with E-state index in [4.69, 9.17) is 0 Å². The minimum atomic E-state index is -4.62. The Labute approximate surface area is 179 Å². The highest BCUT2D eigenvalue weighted by Gasteiger charge is 2.34. The second kappa shape index (κ2) is 9.37. The van der Waals surface area contributed by atoms with Gasteiger partial charge in [-0.05, 0) is 30.7 Å². The maximum absolute atomic E-state index is 12.9. The van der Waals surface area contributed by atoms with Crippen molar-refractivity contribution in [2.24, 2.45) is 0 Å². The van der Waals surface area contributed by atoms with E-state index in [2.05, 4.69) is 5.32 Å². The molecule has 1 unspecified atom stereocenters. The quantitative estimate of drug-likeness (QED) is 0.727. The molecule has 6 nitrogen and oxygen atoms in total. The van der Waals surface area contributed by atoms with Gasteiger partial charge in [-0.25, -0.2) is 8.42 Å². The van der Waals surface area contributed by atoms with Gasteiger partial charge in [0.1, 0.15) is 0 Å². The predicted molar refractivity (Wildman–Crippen MR) is 110 cm³/mol. The van der Waals surface area contributed by atoms with Gasteiger partial charge in [0.25, 0.3) is 0 Å². The summed E-state index contributed by atoms with van der Waals surface area (Å²) in [6, 6.07) is 13.1. The van der Waals surface area contributed by atoms with Gasteiger partial charge in [0, 0.05) is 26.2 Å². The first-order valence-corrected chi connectivity index (χ1v) is 11.3. The molecule has 1 atom stereocenters. The third kappa shape index (κ3) is 5.84. The molecule has 31 heavy (non-hydrogen) atoms. The zero-order chi connectivity index (χ0) is 22.6. The van der Waals surface area contributed by atoms with Gasteiger partial charge >= 0.3 is 6.18 Å². The minimum absolute atomic E-state index is 0.0973. The van der Waals surface area contributed by atoms with Crippen LogP contribution in [0.1, 0.15) is 24.1 Å². The summed E-state index contributed by atoms with van der Waals surface area (Å²) in [4.78, 5) is 13.8. The fourth-order valence-electron chi connectivity index (χ4n) is 3.43. The first kappa shape index (κ1) is 23.2. The standard InChI is InChI=1S/C21H24F3N3O3S/c1-16(17-6-3-2-4-7-17)25-20(28)15-26-10-12-27(13-11-26)31(29,30)19-9-5-8-18(14-19)21(22,23)24/h2-9,14,16H,10-13,15H2,1H3,(H,25,28). The lowest BCUT2D eigenvalue weighted by molar-refractivity contribution is -0.137. The fourth-order valence-corrected chi connectivity index (χ4v) is 4.89. The van der Waals surface area contributed by atoms with Gasteiger partial charge in [-0.3, -0.25) is 9.69 Å². The highest BCUT2D eigenvalue weighted by molar-refractivity contribution is 7.89. The van der Waals surface area contributed by atoms with Gasteiger partial charge in [-0.2, -0.15) is 17.5 Å². The highest BCUT2D eigenvalue weighted by Crippen LogP contribution is 2.31. The lowest BCUT2D eigenvalue weighted by atomic mass is 10.1. The van der Waals surface area contributed by atoms with Gasteiger partial charge in [0.2, 0.25) is 15.9 Å². The molecule has 168 valence electrons. The van der Waals surface area contributed by atoms with Crippen LogP contribution in [0.2, 0.25) is 0 Å². The molecule has 1 N–H and O–H groups in total. The molecule has 10 heteroatoms. The van der Waals surface area contributed by atoms with Gasteiger partial charge in [0.05, 0.1) is 23.0 Å². The lowest BCUT2D eigenvalue weighted by Crippen LogP contribution is -2.51. The molecule has 0 aromatic heterocycles. The second-order valence-electron chi connectivity index (χ2n) is 7.41. The molecule has 0 bridgehead atoms. The molecule has 1 aliphatic heterocycles. The number of nitrogens with zero attached hydrogens (tertiary/aromatic N) is 2. The topological polar surface area (TPSA) is 69.7 Å². The van der Waals surface area contributed by atoms with Crippen LogP contribution in [0.4, 0.5) is 13.2 Å². The maximum Gasteiger partial charge on any atom is 0.416 e. The predicted octanol–water partition coefficient (Wildman–Crippen LogP) is 2.89. The number of halogens is 3. The molecule has 0 aliphatic carbocycles. The molecular formula is C21H24F3N3O3S. The molecule has 0 spiro atoms. The Morgan fingerprint density at radius 2 is 1.68 bits per heavy atom. The summed E-state index contributed by atoms with van der Waals surface area (Å²) in [6.07, 6.45) is -4.62. The normalized spacial score (nSPS) is 17.3. The van der Waals surface area contributed by atoms with Crippen molar-refractivity contribution in [3.8, 4) is 0 Å². The number of rotatable bonds is 6. The highest BCUT2D eigenvalue weighted by atomic mass is 32.2. The summed E-state index contributed by atoms with van der Waals surface area (Å²) in [5, 5.41) is 2.91. The van der Waals surface area contributed by atoms with Crippen molar-refractivity contribution in [3.63, 3.8) is 0 Å². The number of sulfonamides is 1. The van der Waals surface area contributed by atoms with Crippen LogP contribution in [-0.2, 0) is 21.0 Å². The van der Waals surface area contributed by atoms with Crippen molar-refractivity contribution in [2.45, 2.75) is 24.0 Å². The minimum Gasteiger partial charge on any atom is -0.348 e.